The summed E-state index contributed by atoms with van der Waals surface area (Å²) in [4.78, 5) is 99.3. The highest BCUT2D eigenvalue weighted by atomic mass is 31.3. The van der Waals surface area contributed by atoms with Crippen LogP contribution in [0.2, 0.25) is 0 Å². The second-order valence-corrected chi connectivity index (χ2v) is 16.4. The number of hydrogen-bond acceptors (Lipinski definition) is 16. The van der Waals surface area contributed by atoms with Gasteiger partial charge in [-0.25, -0.2) is 32.0 Å². The average Bonchev–Trinajstić information content (AvgIpc) is 2.58. The first kappa shape index (κ1) is 38.8. The zero-order valence-corrected chi connectivity index (χ0v) is 24.4. The third-order valence-electron chi connectivity index (χ3n) is 3.65. The van der Waals surface area contributed by atoms with E-state index in [2.05, 4.69) is 31.0 Å². The number of aliphatic hydroxyl groups excluding tert-OH is 2. The smallest absolute Gasteiger partial charge is 0.387 e. The van der Waals surface area contributed by atoms with Gasteiger partial charge in [0.05, 0.1) is 0 Å². The molecule has 0 aromatic carbocycles. The fraction of sp³-hybridized carbons (Fsp3) is 1.00. The number of hydrogen-bond donors (Lipinski definition) is 13. The molecule has 0 aliphatic heterocycles. The number of rotatable bonds is 14. The van der Waals surface area contributed by atoms with Crippen LogP contribution in [0, 0.1) is 0 Å². The summed E-state index contributed by atoms with van der Waals surface area (Å²) in [5.41, 5.74) is 0. The molecule has 27 nitrogen and oxygen atoms in total. The molecule has 0 amide bonds. The molecule has 240 valence electrons. The van der Waals surface area contributed by atoms with Crippen molar-refractivity contribution < 1.29 is 127 Å². The second-order valence-electron chi connectivity index (χ2n) is 6.87. The maximum atomic E-state index is 12.1. The minimum absolute atomic E-state index is 3.00. The predicted molar refractivity (Wildman–Crippen MR) is 112 cm³/mol. The van der Waals surface area contributed by atoms with Crippen LogP contribution in [-0.4, -0.2) is 101 Å². The van der Waals surface area contributed by atoms with Gasteiger partial charge in [-0.2, -0.15) is 12.9 Å². The van der Waals surface area contributed by atoms with Gasteiger partial charge in [-0.15, -0.1) is 0 Å². The molecule has 0 aromatic rings. The maximum Gasteiger partial charge on any atom is 0.481 e. The largest absolute Gasteiger partial charge is 0.481 e. The van der Waals surface area contributed by atoms with Crippen molar-refractivity contribution >= 4 is 54.8 Å². The topological polar surface area (TPSA) is 447 Å². The molecule has 1 saturated carbocycles. The van der Waals surface area contributed by atoms with Crippen molar-refractivity contribution in [1.82, 2.24) is 0 Å². The molecule has 5 unspecified atom stereocenters. The van der Waals surface area contributed by atoms with Gasteiger partial charge < -0.3 is 64.0 Å². The third kappa shape index (κ3) is 14.1. The van der Waals surface area contributed by atoms with Crippen LogP contribution in [-0.2, 0) is 63.0 Å². The quantitative estimate of drug-likeness (QED) is 0.0788. The Morgan fingerprint density at radius 1 is 0.350 bits per heavy atom. The molecule has 0 heterocycles. The molecule has 34 heteroatoms. The van der Waals surface area contributed by atoms with Gasteiger partial charge >= 0.3 is 54.8 Å². The Balaban J connectivity index is 3.82. The summed E-state index contributed by atoms with van der Waals surface area (Å²) in [6.45, 7) is 0. The van der Waals surface area contributed by atoms with Gasteiger partial charge in [0.2, 0.25) is 0 Å². The Morgan fingerprint density at radius 3 is 0.825 bits per heavy atom. The van der Waals surface area contributed by atoms with E-state index in [9.17, 15) is 56.8 Å². The molecule has 9 atom stereocenters. The lowest BCUT2D eigenvalue weighted by atomic mass is 9.85. The highest BCUT2D eigenvalue weighted by Crippen LogP contribution is 2.64. The van der Waals surface area contributed by atoms with Crippen molar-refractivity contribution in [3.05, 3.63) is 0 Å². The molecule has 40 heavy (non-hydrogen) atoms. The highest BCUT2D eigenvalue weighted by molar-refractivity contribution is 7.61. The van der Waals surface area contributed by atoms with E-state index < -0.39 is 91.4 Å². The van der Waals surface area contributed by atoms with E-state index in [4.69, 9.17) is 39.1 Å². The first-order valence-corrected chi connectivity index (χ1v) is 19.4. The van der Waals surface area contributed by atoms with E-state index in [1.165, 1.54) is 0 Å². The van der Waals surface area contributed by atoms with Crippen LogP contribution in [0.4, 0.5) is 0 Å². The maximum absolute atomic E-state index is 12.1. The Labute approximate surface area is 219 Å². The van der Waals surface area contributed by atoms with E-state index in [1.807, 2.05) is 0 Å². The van der Waals surface area contributed by atoms with Crippen LogP contribution in [0.1, 0.15) is 0 Å². The van der Waals surface area contributed by atoms with E-state index in [-0.39, 0.29) is 0 Å². The van der Waals surface area contributed by atoms with Crippen LogP contribution in [0.5, 0.6) is 0 Å². The molecular weight excluding hydrogens is 721 g/mol. The van der Waals surface area contributed by atoms with E-state index >= 15 is 0 Å². The van der Waals surface area contributed by atoms with Crippen LogP contribution in [0.3, 0.4) is 0 Å². The first-order valence-electron chi connectivity index (χ1n) is 8.76. The Hall–Kier alpha value is 0.810. The SMILES string of the molecule is O=P(O)(O)OC1[C@@H](O)[C@H](OP(=O)(O)OP(=O)(O)O)C(OP(=O)(O)OP(=O)(O)O)[C@H](OP(=O)(O)OP(=O)(O)O)[C@H]1O. The summed E-state index contributed by atoms with van der Waals surface area (Å²) in [6, 6.07) is 0. The van der Waals surface area contributed by atoms with Gasteiger partial charge in [-0.05, 0) is 0 Å². The summed E-state index contributed by atoms with van der Waals surface area (Å²) in [5, 5.41) is 20.8. The summed E-state index contributed by atoms with van der Waals surface area (Å²) in [7, 11) is -43.0. The van der Waals surface area contributed by atoms with E-state index in [0.29, 0.717) is 0 Å². The fourth-order valence-electron chi connectivity index (χ4n) is 2.72. The number of aliphatic hydroxyl groups is 2. The molecule has 1 fully saturated rings. The van der Waals surface area contributed by atoms with Gasteiger partial charge in [0.15, 0.2) is 0 Å². The number of phosphoric acid groups is 7. The Kier molecular flexibility index (Phi) is 12.7. The summed E-state index contributed by atoms with van der Waals surface area (Å²) < 4.78 is 107. The molecular formula is C6H19O27P7. The molecule has 1 aliphatic rings. The summed E-state index contributed by atoms with van der Waals surface area (Å²) in [6.07, 6.45) is -19.0. The molecule has 0 saturated heterocycles. The summed E-state index contributed by atoms with van der Waals surface area (Å²) >= 11 is 0. The van der Waals surface area contributed by atoms with Crippen LogP contribution in [0.25, 0.3) is 0 Å². The van der Waals surface area contributed by atoms with E-state index in [0.717, 1.165) is 0 Å². The Morgan fingerprint density at radius 2 is 0.600 bits per heavy atom. The van der Waals surface area contributed by atoms with Crippen molar-refractivity contribution in [2.75, 3.05) is 0 Å². The zero-order valence-electron chi connectivity index (χ0n) is 18.1. The molecule has 0 bridgehead atoms. The minimum atomic E-state index is -6.35. The van der Waals surface area contributed by atoms with Crippen molar-refractivity contribution in [3.63, 3.8) is 0 Å². The van der Waals surface area contributed by atoms with Gasteiger partial charge in [0.1, 0.15) is 36.6 Å². The van der Waals surface area contributed by atoms with Gasteiger partial charge in [0, 0.05) is 0 Å². The van der Waals surface area contributed by atoms with Crippen molar-refractivity contribution in [3.8, 4) is 0 Å². The lowest BCUT2D eigenvalue weighted by Crippen LogP contribution is -2.65. The van der Waals surface area contributed by atoms with Gasteiger partial charge in [0.25, 0.3) is 0 Å². The first-order chi connectivity index (χ1) is 17.3. The van der Waals surface area contributed by atoms with Gasteiger partial charge in [-0.3, -0.25) is 18.1 Å². The lowest BCUT2D eigenvalue weighted by molar-refractivity contribution is -0.208. The normalized spacial score (nSPS) is 31.6. The standard InChI is InChI=1S/C6H19O27P7/c7-1-3(27-34(9,10)11)2(8)5(29-39(23,24)32-36(15,16)17)6(30-40(25,26)33-37(18,19)20)4(1)28-38(21,22)31-35(12,13)14/h1-8H,(H,21,22)(H,23,24)(H,25,26)(H2,9,10,11)(H2,12,13,14)(H2,15,16,17)(H2,18,19,20)/t1-,2+,3?,4+,5-,6?. The second kappa shape index (κ2) is 13.0. The average molecular weight is 740 g/mol. The zero-order chi connectivity index (χ0) is 31.9. The molecule has 13 N–H and O–H groups in total. The van der Waals surface area contributed by atoms with Crippen LogP contribution in [0.15, 0.2) is 0 Å². The summed E-state index contributed by atoms with van der Waals surface area (Å²) in [5.74, 6) is 0. The van der Waals surface area contributed by atoms with Crippen LogP contribution < -0.4 is 0 Å². The third-order valence-corrected chi connectivity index (χ3v) is 10.7. The molecule has 1 aliphatic carbocycles. The van der Waals surface area contributed by atoms with Crippen molar-refractivity contribution in [2.24, 2.45) is 0 Å². The van der Waals surface area contributed by atoms with Crippen molar-refractivity contribution in [2.45, 2.75) is 36.6 Å². The highest BCUT2D eigenvalue weighted by Gasteiger charge is 2.60. The minimum Gasteiger partial charge on any atom is -0.387 e. The Bertz CT molecular complexity index is 1170. The fourth-order valence-corrected chi connectivity index (χ4v) is 8.63. The van der Waals surface area contributed by atoms with Crippen LogP contribution >= 0.6 is 54.8 Å². The lowest BCUT2D eigenvalue weighted by Gasteiger charge is -2.46. The van der Waals surface area contributed by atoms with Gasteiger partial charge in [-0.1, -0.05) is 0 Å². The van der Waals surface area contributed by atoms with Crippen molar-refractivity contribution in [1.29, 1.82) is 0 Å². The molecule has 0 radical (unpaired) electrons. The molecule has 0 spiro atoms. The molecule has 1 rings (SSSR count). The molecule has 0 aromatic heterocycles. The monoisotopic (exact) mass is 740 g/mol. The number of phosphoric ester groups is 4. The predicted octanol–water partition coefficient (Wildman–Crippen LogP) is -3.02. The van der Waals surface area contributed by atoms with E-state index in [1.54, 1.807) is 0 Å².